The minimum atomic E-state index is -0.271. The average Bonchev–Trinajstić information content (AvgIpc) is 2.42. The Labute approximate surface area is 79.4 Å². The maximum atomic E-state index is 13.2. The zero-order valence-electron chi connectivity index (χ0n) is 7.17. The maximum absolute atomic E-state index is 13.2. The lowest BCUT2D eigenvalue weighted by atomic mass is 10.1. The first-order chi connectivity index (χ1) is 6.24. The van der Waals surface area contributed by atoms with E-state index in [2.05, 4.69) is 0 Å². The summed E-state index contributed by atoms with van der Waals surface area (Å²) in [4.78, 5) is 0. The highest BCUT2D eigenvalue weighted by Gasteiger charge is 2.11. The van der Waals surface area contributed by atoms with E-state index in [-0.39, 0.29) is 11.7 Å². The standard InChI is InChI=1S/C10H9FOS/c1-6-3-2-4-8-9(6)7(5-12)10(11)13-8/h2-4,12H,5H2,1H3. The molecule has 0 aliphatic carbocycles. The van der Waals surface area contributed by atoms with Crippen LogP contribution in [0.3, 0.4) is 0 Å². The Morgan fingerprint density at radius 2 is 2.23 bits per heavy atom. The molecule has 0 spiro atoms. The molecule has 0 bridgehead atoms. The highest BCUT2D eigenvalue weighted by molar-refractivity contribution is 7.17. The van der Waals surface area contributed by atoms with Gasteiger partial charge in [0, 0.05) is 15.6 Å². The first-order valence-corrected chi connectivity index (χ1v) is 4.83. The van der Waals surface area contributed by atoms with Gasteiger partial charge in [-0.05, 0) is 18.6 Å². The van der Waals surface area contributed by atoms with E-state index in [0.717, 1.165) is 27.0 Å². The molecule has 0 aliphatic heterocycles. The highest BCUT2D eigenvalue weighted by Crippen LogP contribution is 2.32. The molecule has 0 amide bonds. The van der Waals surface area contributed by atoms with Gasteiger partial charge in [0.05, 0.1) is 6.61 Å². The molecule has 0 unspecified atom stereocenters. The van der Waals surface area contributed by atoms with E-state index >= 15 is 0 Å². The van der Waals surface area contributed by atoms with Crippen molar-refractivity contribution >= 4 is 21.4 Å². The quantitative estimate of drug-likeness (QED) is 0.743. The zero-order chi connectivity index (χ0) is 9.42. The fourth-order valence-electron chi connectivity index (χ4n) is 1.51. The minimum Gasteiger partial charge on any atom is -0.392 e. The van der Waals surface area contributed by atoms with Crippen molar-refractivity contribution in [2.24, 2.45) is 0 Å². The van der Waals surface area contributed by atoms with Crippen molar-refractivity contribution in [1.29, 1.82) is 0 Å². The lowest BCUT2D eigenvalue weighted by Gasteiger charge is -1.97. The summed E-state index contributed by atoms with van der Waals surface area (Å²) in [5.74, 6) is 0. The summed E-state index contributed by atoms with van der Waals surface area (Å²) in [5.41, 5.74) is 1.44. The molecule has 1 heterocycles. The molecule has 68 valence electrons. The Balaban J connectivity index is 2.88. The number of halogens is 1. The van der Waals surface area contributed by atoms with Crippen molar-refractivity contribution in [3.05, 3.63) is 34.5 Å². The molecule has 1 nitrogen and oxygen atoms in total. The topological polar surface area (TPSA) is 20.2 Å². The third-order valence-electron chi connectivity index (χ3n) is 2.13. The summed E-state index contributed by atoms with van der Waals surface area (Å²) >= 11 is 1.09. The number of hydrogen-bond donors (Lipinski definition) is 1. The Morgan fingerprint density at radius 3 is 2.92 bits per heavy atom. The summed E-state index contributed by atoms with van der Waals surface area (Å²) in [6.07, 6.45) is 0. The molecule has 0 fully saturated rings. The molecule has 1 aromatic carbocycles. The van der Waals surface area contributed by atoms with Gasteiger partial charge in [0.15, 0.2) is 5.13 Å². The number of thiophene rings is 1. The molecule has 0 saturated carbocycles. The zero-order valence-corrected chi connectivity index (χ0v) is 7.99. The van der Waals surface area contributed by atoms with Crippen LogP contribution in [0.5, 0.6) is 0 Å². The van der Waals surface area contributed by atoms with E-state index in [0.29, 0.717) is 5.56 Å². The Kier molecular flexibility index (Phi) is 2.06. The van der Waals surface area contributed by atoms with E-state index in [1.165, 1.54) is 0 Å². The van der Waals surface area contributed by atoms with Gasteiger partial charge in [-0.1, -0.05) is 12.1 Å². The van der Waals surface area contributed by atoms with E-state index in [1.807, 2.05) is 25.1 Å². The van der Waals surface area contributed by atoms with Crippen LogP contribution in [0, 0.1) is 12.1 Å². The average molecular weight is 196 g/mol. The summed E-state index contributed by atoms with van der Waals surface area (Å²) < 4.78 is 14.1. The fourth-order valence-corrected chi connectivity index (χ4v) is 2.53. The highest BCUT2D eigenvalue weighted by atomic mass is 32.1. The maximum Gasteiger partial charge on any atom is 0.183 e. The van der Waals surface area contributed by atoms with Crippen molar-refractivity contribution in [2.45, 2.75) is 13.5 Å². The van der Waals surface area contributed by atoms with Crippen LogP contribution in [0.1, 0.15) is 11.1 Å². The molecule has 0 aliphatic rings. The molecule has 1 N–H and O–H groups in total. The molecule has 0 radical (unpaired) electrons. The largest absolute Gasteiger partial charge is 0.392 e. The van der Waals surface area contributed by atoms with E-state index in [4.69, 9.17) is 5.11 Å². The molecular formula is C10H9FOS. The van der Waals surface area contributed by atoms with E-state index in [1.54, 1.807) is 0 Å². The molecule has 2 aromatic rings. The van der Waals surface area contributed by atoms with Gasteiger partial charge in [-0.15, -0.1) is 11.3 Å². The second-order valence-electron chi connectivity index (χ2n) is 2.96. The third-order valence-corrected chi connectivity index (χ3v) is 3.12. The van der Waals surface area contributed by atoms with E-state index < -0.39 is 0 Å². The lowest BCUT2D eigenvalue weighted by molar-refractivity contribution is 0.279. The number of rotatable bonds is 1. The molecule has 0 atom stereocenters. The first-order valence-electron chi connectivity index (χ1n) is 4.01. The van der Waals surface area contributed by atoms with Crippen LogP contribution in [-0.4, -0.2) is 5.11 Å². The molecule has 13 heavy (non-hydrogen) atoms. The molecule has 1 aromatic heterocycles. The number of hydrogen-bond acceptors (Lipinski definition) is 2. The SMILES string of the molecule is Cc1cccc2sc(F)c(CO)c12. The van der Waals surface area contributed by atoms with Crippen LogP contribution in [0.15, 0.2) is 18.2 Å². The predicted molar refractivity (Wildman–Crippen MR) is 52.4 cm³/mol. The van der Waals surface area contributed by atoms with Crippen LogP contribution in [0.2, 0.25) is 0 Å². The number of aliphatic hydroxyl groups excluding tert-OH is 1. The van der Waals surface area contributed by atoms with Crippen LogP contribution < -0.4 is 0 Å². The van der Waals surface area contributed by atoms with E-state index in [9.17, 15) is 4.39 Å². The Bertz CT molecular complexity index is 447. The first kappa shape index (κ1) is 8.66. The Morgan fingerprint density at radius 1 is 1.46 bits per heavy atom. The second kappa shape index (κ2) is 3.09. The number of aliphatic hydroxyl groups is 1. The van der Waals surface area contributed by atoms with Crippen LogP contribution in [-0.2, 0) is 6.61 Å². The second-order valence-corrected chi connectivity index (χ2v) is 3.96. The van der Waals surface area contributed by atoms with Crippen LogP contribution in [0.4, 0.5) is 4.39 Å². The number of aryl methyl sites for hydroxylation is 1. The van der Waals surface area contributed by atoms with Gasteiger partial charge in [-0.3, -0.25) is 0 Å². The molecule has 2 rings (SSSR count). The summed E-state index contributed by atoms with van der Waals surface area (Å²) in [7, 11) is 0. The number of benzene rings is 1. The van der Waals surface area contributed by atoms with Crippen molar-refractivity contribution in [3.63, 3.8) is 0 Å². The predicted octanol–water partition coefficient (Wildman–Crippen LogP) is 2.84. The number of fused-ring (bicyclic) bond motifs is 1. The van der Waals surface area contributed by atoms with Crippen molar-refractivity contribution < 1.29 is 9.50 Å². The molecular weight excluding hydrogens is 187 g/mol. The van der Waals surface area contributed by atoms with Gasteiger partial charge in [0.1, 0.15) is 0 Å². The molecule has 3 heteroatoms. The fraction of sp³-hybridized carbons (Fsp3) is 0.200. The summed E-state index contributed by atoms with van der Waals surface area (Å²) in [6.45, 7) is 1.70. The minimum absolute atomic E-state index is 0.226. The molecule has 0 saturated heterocycles. The van der Waals surface area contributed by atoms with Crippen LogP contribution >= 0.6 is 11.3 Å². The summed E-state index contributed by atoms with van der Waals surface area (Å²) in [5, 5.41) is 9.59. The normalized spacial score (nSPS) is 11.0. The van der Waals surface area contributed by atoms with Crippen molar-refractivity contribution in [3.8, 4) is 0 Å². The monoisotopic (exact) mass is 196 g/mol. The van der Waals surface area contributed by atoms with Gasteiger partial charge in [-0.25, -0.2) is 0 Å². The van der Waals surface area contributed by atoms with Gasteiger partial charge in [-0.2, -0.15) is 4.39 Å². The van der Waals surface area contributed by atoms with Gasteiger partial charge in [0.25, 0.3) is 0 Å². The van der Waals surface area contributed by atoms with Gasteiger partial charge >= 0.3 is 0 Å². The third kappa shape index (κ3) is 1.24. The smallest absolute Gasteiger partial charge is 0.183 e. The lowest BCUT2D eigenvalue weighted by Crippen LogP contribution is -1.85. The summed E-state index contributed by atoms with van der Waals surface area (Å²) in [6, 6.07) is 5.69. The van der Waals surface area contributed by atoms with Crippen molar-refractivity contribution in [2.75, 3.05) is 0 Å². The van der Waals surface area contributed by atoms with Crippen molar-refractivity contribution in [1.82, 2.24) is 0 Å². The van der Waals surface area contributed by atoms with Crippen LogP contribution in [0.25, 0.3) is 10.1 Å². The Hall–Kier alpha value is -0.930. The van der Waals surface area contributed by atoms with Gasteiger partial charge < -0.3 is 5.11 Å². The van der Waals surface area contributed by atoms with Gasteiger partial charge in [0.2, 0.25) is 0 Å².